The third kappa shape index (κ3) is 17.4. The molecule has 1 amide bonds. The molecule has 1 unspecified atom stereocenters. The van der Waals surface area contributed by atoms with Crippen molar-refractivity contribution < 1.29 is 231 Å². The Morgan fingerprint density at radius 1 is 0.667 bits per heavy atom. The average molecular weight is 804 g/mol. The quantitative estimate of drug-likeness (QED) is 0.109. The van der Waals surface area contributed by atoms with Crippen LogP contribution in [0.3, 0.4) is 0 Å². The van der Waals surface area contributed by atoms with E-state index in [2.05, 4.69) is 16.7 Å². The average Bonchev–Trinajstić information content (AvgIpc) is 2.81. The van der Waals surface area contributed by atoms with Crippen molar-refractivity contribution in [2.75, 3.05) is 0 Å². The molecule has 29 heteroatoms. The number of carboxylic acid groups (broad SMARTS) is 1. The Morgan fingerprint density at radius 3 is 1.52 bits per heavy atom. The molecule has 1 aliphatic rings. The van der Waals surface area contributed by atoms with Gasteiger partial charge in [-0.1, -0.05) is 0 Å². The molecule has 20 nitrogen and oxygen atoms in total. The molecule has 238 valence electrons. The normalized spacial score (nSPS) is 14.1. The number of carboxylic acids is 1. The van der Waals surface area contributed by atoms with E-state index in [9.17, 15) is 66.6 Å². The summed E-state index contributed by atoms with van der Waals surface area (Å²) in [5, 5.41) is 11.9. The van der Waals surface area contributed by atoms with E-state index in [1.54, 1.807) is 0 Å². The van der Waals surface area contributed by atoms with Crippen LogP contribution in [0.15, 0.2) is 30.3 Å². The predicted molar refractivity (Wildman–Crippen MR) is 126 cm³/mol. The molecule has 0 saturated carbocycles. The molecule has 0 saturated heterocycles. The standard InChI is InChI=1S/C19H19NO19S4.5Na/c21-18(6-1-10-7-11(36-40(24,25)26)2-3-15(10)37-41(27,28)29)20-9-13-12(8-14(20)19(22)23)16(38-42(30,31)32)4-5-17(13)39-43(33,34)35;;;;;/h2-5,7,14H,1,6,8-9H2,(H,22,23)(H,24,25,26)(H,27,28,29)(H,30,31,32)(H,33,34,35);;;;;/q;5*+1/p-5. The molecule has 1 heterocycles. The predicted octanol–water partition coefficient (Wildman–Crippen LogP) is -18.3. The maximum Gasteiger partial charge on any atom is 1.00 e. The molecule has 0 spiro atoms. The van der Waals surface area contributed by atoms with E-state index in [1.165, 1.54) is 0 Å². The van der Waals surface area contributed by atoms with Gasteiger partial charge in [-0.15, -0.1) is 0 Å². The van der Waals surface area contributed by atoms with Crippen LogP contribution in [-0.2, 0) is 70.6 Å². The third-order valence-corrected chi connectivity index (χ3v) is 7.00. The minimum absolute atomic E-state index is 0. The first-order chi connectivity index (χ1) is 19.5. The number of hydrogen-bond donors (Lipinski definition) is 0. The minimum atomic E-state index is -5.48. The third-order valence-electron chi connectivity index (χ3n) is 5.45. The van der Waals surface area contributed by atoms with Gasteiger partial charge >= 0.3 is 148 Å². The zero-order chi connectivity index (χ0) is 32.5. The number of nitrogens with zero attached hydrogens (tertiary/aromatic N) is 1. The van der Waals surface area contributed by atoms with Gasteiger partial charge in [0.2, 0.25) is 5.91 Å². The van der Waals surface area contributed by atoms with Gasteiger partial charge in [-0.2, -0.15) is 0 Å². The van der Waals surface area contributed by atoms with Crippen LogP contribution in [0, 0.1) is 0 Å². The number of aliphatic carboxylic acids is 1. The number of rotatable bonds is 12. The zero-order valence-corrected chi connectivity index (χ0v) is 38.9. The van der Waals surface area contributed by atoms with Gasteiger partial charge in [-0.05, 0) is 36.8 Å². The summed E-state index contributed by atoms with van der Waals surface area (Å²) >= 11 is 0. The first-order valence-corrected chi connectivity index (χ1v) is 16.2. The second-order valence-electron chi connectivity index (χ2n) is 8.32. The van der Waals surface area contributed by atoms with E-state index >= 15 is 0 Å². The summed E-state index contributed by atoms with van der Waals surface area (Å²) in [6.45, 7) is -0.899. The van der Waals surface area contributed by atoms with Crippen molar-refractivity contribution in [2.45, 2.75) is 31.8 Å². The minimum Gasteiger partial charge on any atom is -0.716 e. The molecule has 0 aliphatic carbocycles. The molecule has 48 heavy (non-hydrogen) atoms. The van der Waals surface area contributed by atoms with Crippen LogP contribution in [0.5, 0.6) is 23.0 Å². The Labute approximate surface area is 385 Å². The number of carbonyl (C=O) groups is 2. The van der Waals surface area contributed by atoms with Crippen molar-refractivity contribution in [1.29, 1.82) is 0 Å². The summed E-state index contributed by atoms with van der Waals surface area (Å²) in [6, 6.07) is 1.63. The van der Waals surface area contributed by atoms with Crippen LogP contribution in [0.25, 0.3) is 0 Å². The summed E-state index contributed by atoms with van der Waals surface area (Å²) in [6.07, 6.45) is -2.26. The fourth-order valence-electron chi connectivity index (χ4n) is 3.98. The molecule has 0 bridgehead atoms. The van der Waals surface area contributed by atoms with Gasteiger partial charge in [0.25, 0.3) is 41.6 Å². The SMILES string of the molecule is O=C([O-])C1Cc2c(OS(=O)(=O)[O-])ccc(OS(=O)(=O)[O-])c2CN1C(=O)CCc1cc(OS(=O)(=O)[O-])ccc1OS(=O)(=O)[O-].[Na+].[Na+].[Na+].[Na+].[Na+]. The molecule has 1 atom stereocenters. The fourth-order valence-corrected chi connectivity index (χ4v) is 5.45. The van der Waals surface area contributed by atoms with Crippen molar-refractivity contribution in [3.8, 4) is 23.0 Å². The molecule has 1 aliphatic heterocycles. The molecule has 2 aromatic carbocycles. The van der Waals surface area contributed by atoms with Crippen LogP contribution in [-0.4, -0.2) is 74.7 Å². The number of hydrogen-bond acceptors (Lipinski definition) is 19. The molecule has 3 rings (SSSR count). The van der Waals surface area contributed by atoms with Crippen molar-refractivity contribution in [1.82, 2.24) is 4.90 Å². The fraction of sp³-hybridized carbons (Fsp3) is 0.263. The molecule has 2 aromatic rings. The first kappa shape index (κ1) is 53.6. The Hall–Kier alpha value is 1.22. The summed E-state index contributed by atoms with van der Waals surface area (Å²) < 4.78 is 150. The van der Waals surface area contributed by atoms with Gasteiger partial charge in [-0.3, -0.25) is 4.79 Å². The van der Waals surface area contributed by atoms with Gasteiger partial charge in [-0.25, -0.2) is 33.7 Å². The van der Waals surface area contributed by atoms with E-state index in [4.69, 9.17) is 0 Å². The van der Waals surface area contributed by atoms with Crippen molar-refractivity contribution in [3.63, 3.8) is 0 Å². The maximum atomic E-state index is 13.2. The maximum absolute atomic E-state index is 13.2. The number of benzene rings is 2. The summed E-state index contributed by atoms with van der Waals surface area (Å²) in [5.41, 5.74) is -1.29. The molecular weight excluding hydrogens is 789 g/mol. The van der Waals surface area contributed by atoms with Gasteiger partial charge in [0.05, 0.1) is 18.6 Å². The topological polar surface area (TPSA) is 326 Å². The monoisotopic (exact) mass is 803 g/mol. The van der Waals surface area contributed by atoms with Crippen molar-refractivity contribution in [3.05, 3.63) is 47.0 Å². The van der Waals surface area contributed by atoms with Crippen molar-refractivity contribution >= 4 is 53.5 Å². The van der Waals surface area contributed by atoms with Gasteiger partial charge in [0.15, 0.2) is 0 Å². The van der Waals surface area contributed by atoms with Gasteiger partial charge in [0.1, 0.15) is 23.0 Å². The van der Waals surface area contributed by atoms with Crippen LogP contribution >= 0.6 is 0 Å². The molecular formula is C19H14NNa5O19S4. The van der Waals surface area contributed by atoms with E-state index in [0.717, 1.165) is 18.2 Å². The smallest absolute Gasteiger partial charge is 0.716 e. The first-order valence-electron chi connectivity index (χ1n) is 10.9. The Balaban J connectivity index is -0.00000405. The second kappa shape index (κ2) is 21.2. The van der Waals surface area contributed by atoms with Crippen LogP contribution in [0.1, 0.15) is 23.1 Å². The zero-order valence-electron chi connectivity index (χ0n) is 25.6. The number of amides is 1. The summed E-state index contributed by atoms with van der Waals surface area (Å²) in [7, 11) is -21.7. The van der Waals surface area contributed by atoms with E-state index in [0.29, 0.717) is 17.0 Å². The number of aryl methyl sites for hydroxylation is 1. The van der Waals surface area contributed by atoms with E-state index < -0.39 is 125 Å². The summed E-state index contributed by atoms with van der Waals surface area (Å²) in [5.74, 6) is -6.02. The second-order valence-corrected chi connectivity index (χ2v) is 12.2. The molecule has 0 N–H and O–H groups in total. The number of fused-ring (bicyclic) bond motifs is 1. The molecule has 0 fully saturated rings. The molecule has 0 radical (unpaired) electrons. The molecule has 0 aromatic heterocycles. The Bertz CT molecular complexity index is 1910. The summed E-state index contributed by atoms with van der Waals surface area (Å²) in [4.78, 5) is 25.6. The van der Waals surface area contributed by atoms with E-state index in [1.807, 2.05) is 0 Å². The Kier molecular flexibility index (Phi) is 23.7. The van der Waals surface area contributed by atoms with Crippen molar-refractivity contribution in [2.24, 2.45) is 0 Å². The van der Waals surface area contributed by atoms with Crippen LogP contribution in [0.2, 0.25) is 0 Å². The van der Waals surface area contributed by atoms with Gasteiger partial charge in [0, 0.05) is 29.5 Å². The van der Waals surface area contributed by atoms with Crippen LogP contribution in [0.4, 0.5) is 0 Å². The largest absolute Gasteiger partial charge is 1.00 e. The number of carbonyl (C=O) groups excluding carboxylic acids is 2. The van der Waals surface area contributed by atoms with E-state index in [-0.39, 0.29) is 148 Å². The van der Waals surface area contributed by atoms with Crippen LogP contribution < -0.4 is 170 Å². The van der Waals surface area contributed by atoms with Gasteiger partial charge < -0.3 is 49.7 Å². The Morgan fingerprint density at radius 2 is 1.08 bits per heavy atom.